The van der Waals surface area contributed by atoms with E-state index in [0.29, 0.717) is 0 Å². The van der Waals surface area contributed by atoms with Crippen LogP contribution in [-0.2, 0) is 0 Å². The third kappa shape index (κ3) is 8.68. The van der Waals surface area contributed by atoms with Crippen molar-refractivity contribution in [1.82, 2.24) is 9.80 Å². The summed E-state index contributed by atoms with van der Waals surface area (Å²) < 4.78 is 0. The van der Waals surface area contributed by atoms with Gasteiger partial charge in [-0.25, -0.2) is 0 Å². The minimum Gasteiger partial charge on any atom is -0.294 e. The first kappa shape index (κ1) is 42.6. The summed E-state index contributed by atoms with van der Waals surface area (Å²) in [7, 11) is 0. The Hall–Kier alpha value is -0.0800. The van der Waals surface area contributed by atoms with Gasteiger partial charge in [0.15, 0.2) is 0 Å². The standard InChI is InChI=1S/C54H96N2/c1-9-11-13-41-31-37(5)53(38(6)32-41)55(45-23-15-35(3)16-24-45)49-29-21-43-20-28-48-50(30-22-44-19-27-47(49)51(43)52(44)48)56(46-25-17-36(4)18-26-46)54-39(7)33-42(14-12-10-2)34-40(54)8/h35-54H,9-34H2,1-8H3. The molecule has 0 aromatic rings. The first-order valence-corrected chi connectivity index (χ1v) is 26.7. The zero-order valence-electron chi connectivity index (χ0n) is 38.8. The van der Waals surface area contributed by atoms with Gasteiger partial charge in [-0.2, -0.15) is 0 Å². The van der Waals surface area contributed by atoms with Gasteiger partial charge >= 0.3 is 0 Å². The lowest BCUT2D eigenvalue weighted by Crippen LogP contribution is -2.66. The topological polar surface area (TPSA) is 6.48 Å². The van der Waals surface area contributed by atoms with Gasteiger partial charge < -0.3 is 0 Å². The lowest BCUT2D eigenvalue weighted by atomic mass is 9.46. The highest BCUT2D eigenvalue weighted by atomic mass is 15.2. The van der Waals surface area contributed by atoms with Crippen LogP contribution in [0.4, 0.5) is 0 Å². The van der Waals surface area contributed by atoms with E-state index in [4.69, 9.17) is 0 Å². The van der Waals surface area contributed by atoms with Crippen LogP contribution < -0.4 is 0 Å². The van der Waals surface area contributed by atoms with E-state index in [1.807, 2.05) is 0 Å². The van der Waals surface area contributed by atoms with Gasteiger partial charge in [-0.3, -0.25) is 9.80 Å². The van der Waals surface area contributed by atoms with Crippen molar-refractivity contribution in [1.29, 1.82) is 0 Å². The third-order valence-electron chi connectivity index (χ3n) is 20.3. The van der Waals surface area contributed by atoms with Crippen molar-refractivity contribution >= 4 is 0 Å². The molecule has 0 heterocycles. The van der Waals surface area contributed by atoms with E-state index in [2.05, 4.69) is 65.2 Å². The van der Waals surface area contributed by atoms with Gasteiger partial charge in [0.25, 0.3) is 0 Å². The van der Waals surface area contributed by atoms with Crippen LogP contribution in [0.1, 0.15) is 222 Å². The molecule has 2 nitrogen and oxygen atoms in total. The van der Waals surface area contributed by atoms with Crippen LogP contribution in [-0.4, -0.2) is 46.1 Å². The van der Waals surface area contributed by atoms with E-state index in [9.17, 15) is 0 Å². The number of nitrogens with zero attached hydrogens (tertiary/aromatic N) is 2. The molecule has 12 atom stereocenters. The maximum Gasteiger partial charge on any atom is 0.0153 e. The highest BCUT2D eigenvalue weighted by molar-refractivity contribution is 5.11. The molecule has 322 valence electrons. The molecule has 0 saturated heterocycles. The molecule has 8 aliphatic carbocycles. The molecule has 8 aliphatic rings. The minimum absolute atomic E-state index is 0.837. The predicted molar refractivity (Wildman–Crippen MR) is 241 cm³/mol. The third-order valence-corrected chi connectivity index (χ3v) is 20.3. The Labute approximate surface area is 350 Å². The van der Waals surface area contributed by atoms with Crippen molar-refractivity contribution in [2.24, 2.45) is 82.9 Å². The normalized spacial score (nSPS) is 49.8. The van der Waals surface area contributed by atoms with Crippen molar-refractivity contribution in [3.05, 3.63) is 0 Å². The molecule has 8 saturated carbocycles. The van der Waals surface area contributed by atoms with Gasteiger partial charge in [0.1, 0.15) is 0 Å². The minimum atomic E-state index is 0.837. The molecular weight excluding hydrogens is 677 g/mol. The Kier molecular flexibility index (Phi) is 14.4. The fourth-order valence-electron chi connectivity index (χ4n) is 18.2. The fourth-order valence-corrected chi connectivity index (χ4v) is 18.2. The molecule has 8 rings (SSSR count). The van der Waals surface area contributed by atoms with Gasteiger partial charge in [-0.05, 0) is 211 Å². The molecule has 8 fully saturated rings. The van der Waals surface area contributed by atoms with E-state index in [1.165, 1.54) is 116 Å². The highest BCUT2D eigenvalue weighted by Gasteiger charge is 2.59. The molecule has 0 spiro atoms. The summed E-state index contributed by atoms with van der Waals surface area (Å²) in [5.74, 6) is 13.5. The first-order chi connectivity index (χ1) is 27.2. The van der Waals surface area contributed by atoms with E-state index < -0.39 is 0 Å². The van der Waals surface area contributed by atoms with Crippen LogP contribution in [0.5, 0.6) is 0 Å². The number of rotatable bonds is 12. The van der Waals surface area contributed by atoms with E-state index in [-0.39, 0.29) is 0 Å². The molecule has 0 aromatic carbocycles. The van der Waals surface area contributed by atoms with Gasteiger partial charge in [0, 0.05) is 36.3 Å². The molecule has 0 N–H and O–H groups in total. The molecule has 0 aromatic heterocycles. The fraction of sp³-hybridized carbons (Fsp3) is 1.00. The Morgan fingerprint density at radius 1 is 0.393 bits per heavy atom. The summed E-state index contributed by atoms with van der Waals surface area (Å²) >= 11 is 0. The smallest absolute Gasteiger partial charge is 0.0153 e. The number of hydrogen-bond acceptors (Lipinski definition) is 2. The lowest BCUT2D eigenvalue weighted by Gasteiger charge is -2.65. The summed E-state index contributed by atoms with van der Waals surface area (Å²) in [5, 5.41) is 0. The van der Waals surface area contributed by atoms with Crippen LogP contribution in [0.15, 0.2) is 0 Å². The van der Waals surface area contributed by atoms with Gasteiger partial charge in [-0.15, -0.1) is 0 Å². The molecule has 12 unspecified atom stereocenters. The van der Waals surface area contributed by atoms with E-state index in [1.54, 1.807) is 51.4 Å². The van der Waals surface area contributed by atoms with Crippen LogP contribution >= 0.6 is 0 Å². The first-order valence-electron chi connectivity index (χ1n) is 26.7. The SMILES string of the molecule is CCCCC1CC(C)C(N(C2CCC(C)CC2)C2CCC3CCC4C5C(CCC2C35)CCC4N(C2CCC(C)CC2)C2C(C)CC(CCCC)CC2C)C(C)C1. The maximum atomic E-state index is 3.44. The van der Waals surface area contributed by atoms with Gasteiger partial charge in [0.2, 0.25) is 0 Å². The van der Waals surface area contributed by atoms with Crippen molar-refractivity contribution in [3.63, 3.8) is 0 Å². The van der Waals surface area contributed by atoms with Gasteiger partial charge in [0.05, 0.1) is 0 Å². The zero-order valence-corrected chi connectivity index (χ0v) is 38.8. The van der Waals surface area contributed by atoms with Crippen LogP contribution in [0, 0.1) is 82.9 Å². The molecular formula is C54H96N2. The second-order valence-electron chi connectivity index (χ2n) is 24.0. The average molecular weight is 773 g/mol. The molecule has 2 heteroatoms. The Morgan fingerprint density at radius 3 is 1.07 bits per heavy atom. The summed E-state index contributed by atoms with van der Waals surface area (Å²) in [6.45, 7) is 20.9. The summed E-state index contributed by atoms with van der Waals surface area (Å²) in [6, 6.07) is 5.17. The Balaban J connectivity index is 1.08. The van der Waals surface area contributed by atoms with E-state index in [0.717, 1.165) is 119 Å². The average Bonchev–Trinajstić information content (AvgIpc) is 3.19. The molecule has 0 radical (unpaired) electrons. The molecule has 0 aliphatic heterocycles. The van der Waals surface area contributed by atoms with Crippen molar-refractivity contribution < 1.29 is 0 Å². The summed E-state index contributed by atoms with van der Waals surface area (Å²) in [6.07, 6.45) is 39.2. The maximum absolute atomic E-state index is 3.44. The van der Waals surface area contributed by atoms with Crippen LogP contribution in [0.25, 0.3) is 0 Å². The van der Waals surface area contributed by atoms with Gasteiger partial charge in [-0.1, -0.05) is 93.9 Å². The molecule has 0 amide bonds. The quantitative estimate of drug-likeness (QED) is 0.195. The molecule has 0 bridgehead atoms. The Bertz CT molecular complexity index is 1080. The number of unbranched alkanes of at least 4 members (excludes halogenated alkanes) is 2. The van der Waals surface area contributed by atoms with Crippen LogP contribution in [0.3, 0.4) is 0 Å². The summed E-state index contributed by atoms with van der Waals surface area (Å²) in [5.41, 5.74) is 0. The highest BCUT2D eigenvalue weighted by Crippen LogP contribution is 2.63. The van der Waals surface area contributed by atoms with Crippen molar-refractivity contribution in [3.8, 4) is 0 Å². The predicted octanol–water partition coefficient (Wildman–Crippen LogP) is 14.8. The number of hydrogen-bond donors (Lipinski definition) is 0. The van der Waals surface area contributed by atoms with Crippen molar-refractivity contribution in [2.75, 3.05) is 0 Å². The monoisotopic (exact) mass is 773 g/mol. The second-order valence-corrected chi connectivity index (χ2v) is 24.0. The zero-order chi connectivity index (χ0) is 39.1. The van der Waals surface area contributed by atoms with Crippen molar-refractivity contribution in [2.45, 2.75) is 259 Å². The summed E-state index contributed by atoms with van der Waals surface area (Å²) in [4.78, 5) is 6.89. The van der Waals surface area contributed by atoms with E-state index >= 15 is 0 Å². The Morgan fingerprint density at radius 2 is 0.732 bits per heavy atom. The lowest BCUT2D eigenvalue weighted by molar-refractivity contribution is -0.160. The second kappa shape index (κ2) is 18.9. The molecule has 56 heavy (non-hydrogen) atoms. The van der Waals surface area contributed by atoms with Crippen LogP contribution in [0.2, 0.25) is 0 Å². The largest absolute Gasteiger partial charge is 0.294 e.